The fourth-order valence-corrected chi connectivity index (χ4v) is 1.60. The van der Waals surface area contributed by atoms with Crippen molar-refractivity contribution in [3.05, 3.63) is 34.1 Å². The first-order valence-corrected chi connectivity index (χ1v) is 5.32. The van der Waals surface area contributed by atoms with Crippen LogP contribution >= 0.6 is 28.3 Å². The van der Waals surface area contributed by atoms with Gasteiger partial charge < -0.3 is 5.73 Å². The van der Waals surface area contributed by atoms with E-state index >= 15 is 0 Å². The van der Waals surface area contributed by atoms with Crippen LogP contribution in [0.25, 0.3) is 0 Å². The second-order valence-electron chi connectivity index (χ2n) is 4.52. The number of benzene rings is 1. The van der Waals surface area contributed by atoms with E-state index in [-0.39, 0.29) is 29.7 Å². The number of halogens is 3. The van der Waals surface area contributed by atoms with Gasteiger partial charge in [0.25, 0.3) is 0 Å². The summed E-state index contributed by atoms with van der Waals surface area (Å²) in [4.78, 5) is 0. The van der Waals surface area contributed by atoms with Gasteiger partial charge in [-0.1, -0.05) is 26.8 Å². The van der Waals surface area contributed by atoms with Gasteiger partial charge in [0.2, 0.25) is 0 Å². The molecule has 0 unspecified atom stereocenters. The van der Waals surface area contributed by atoms with Gasteiger partial charge in [0.05, 0.1) is 4.47 Å². The third-order valence-electron chi connectivity index (χ3n) is 2.24. The average Bonchev–Trinajstić information content (AvgIpc) is 2.07. The lowest BCUT2D eigenvalue weighted by molar-refractivity contribution is 0.326. The van der Waals surface area contributed by atoms with Gasteiger partial charge in [0.1, 0.15) is 5.82 Å². The Morgan fingerprint density at radius 3 is 2.27 bits per heavy atom. The monoisotopic (exact) mass is 295 g/mol. The Balaban J connectivity index is 0.00000196. The van der Waals surface area contributed by atoms with Crippen LogP contribution in [0.4, 0.5) is 4.39 Å². The molecule has 0 aliphatic carbocycles. The minimum absolute atomic E-state index is 0. The van der Waals surface area contributed by atoms with Gasteiger partial charge in [0.15, 0.2) is 0 Å². The molecule has 0 fully saturated rings. The summed E-state index contributed by atoms with van der Waals surface area (Å²) in [6.07, 6.45) is 0. The minimum Gasteiger partial charge on any atom is -0.324 e. The molecule has 0 aliphatic heterocycles. The van der Waals surface area contributed by atoms with E-state index in [1.54, 1.807) is 12.1 Å². The first-order chi connectivity index (χ1) is 6.32. The van der Waals surface area contributed by atoms with Gasteiger partial charge in [-0.2, -0.15) is 0 Å². The van der Waals surface area contributed by atoms with Gasteiger partial charge >= 0.3 is 0 Å². The normalized spacial score (nSPS) is 13.2. The number of hydrogen-bond acceptors (Lipinski definition) is 1. The van der Waals surface area contributed by atoms with Crippen molar-refractivity contribution in [2.75, 3.05) is 0 Å². The van der Waals surface area contributed by atoms with E-state index in [9.17, 15) is 4.39 Å². The first-order valence-electron chi connectivity index (χ1n) is 4.53. The average molecular weight is 297 g/mol. The predicted molar refractivity (Wildman–Crippen MR) is 67.7 cm³/mol. The highest BCUT2D eigenvalue weighted by Gasteiger charge is 2.22. The summed E-state index contributed by atoms with van der Waals surface area (Å²) in [5, 5.41) is 0. The molecular weight excluding hydrogens is 280 g/mol. The maximum atomic E-state index is 13.0. The highest BCUT2D eigenvalue weighted by molar-refractivity contribution is 9.10. The van der Waals surface area contributed by atoms with Crippen LogP contribution in [-0.4, -0.2) is 0 Å². The van der Waals surface area contributed by atoms with Crippen molar-refractivity contribution in [1.29, 1.82) is 0 Å². The topological polar surface area (TPSA) is 26.0 Å². The summed E-state index contributed by atoms with van der Waals surface area (Å²) >= 11 is 3.15. The molecule has 2 N–H and O–H groups in total. The summed E-state index contributed by atoms with van der Waals surface area (Å²) in [5.41, 5.74) is 6.98. The fourth-order valence-electron chi connectivity index (χ4n) is 1.21. The van der Waals surface area contributed by atoms with Gasteiger partial charge in [-0.3, -0.25) is 0 Å². The van der Waals surface area contributed by atoms with Gasteiger partial charge in [0, 0.05) is 6.04 Å². The Morgan fingerprint density at radius 2 is 1.87 bits per heavy atom. The Morgan fingerprint density at radius 1 is 1.33 bits per heavy atom. The van der Waals surface area contributed by atoms with Crippen molar-refractivity contribution in [3.8, 4) is 0 Å². The van der Waals surface area contributed by atoms with Crippen LogP contribution in [-0.2, 0) is 0 Å². The van der Waals surface area contributed by atoms with Gasteiger partial charge in [-0.05, 0) is 39.0 Å². The SMILES string of the molecule is CC(C)(C)[C@H](N)c1ccc(F)c(Br)c1.Cl. The van der Waals surface area contributed by atoms with Crippen LogP contribution in [0.15, 0.2) is 22.7 Å². The van der Waals surface area contributed by atoms with Crippen molar-refractivity contribution in [2.45, 2.75) is 26.8 Å². The highest BCUT2D eigenvalue weighted by Crippen LogP contribution is 2.32. The summed E-state index contributed by atoms with van der Waals surface area (Å²) in [6.45, 7) is 6.19. The molecule has 0 bridgehead atoms. The fraction of sp³-hybridized carbons (Fsp3) is 0.455. The largest absolute Gasteiger partial charge is 0.324 e. The quantitative estimate of drug-likeness (QED) is 0.831. The van der Waals surface area contributed by atoms with Crippen LogP contribution in [0.3, 0.4) is 0 Å². The van der Waals surface area contributed by atoms with E-state index in [0.717, 1.165) is 5.56 Å². The second-order valence-corrected chi connectivity index (χ2v) is 5.37. The van der Waals surface area contributed by atoms with E-state index in [4.69, 9.17) is 5.73 Å². The lowest BCUT2D eigenvalue weighted by Gasteiger charge is -2.27. The molecule has 0 aliphatic rings. The van der Waals surface area contributed by atoms with Crippen LogP contribution < -0.4 is 5.73 Å². The molecule has 4 heteroatoms. The number of hydrogen-bond donors (Lipinski definition) is 1. The van der Waals surface area contributed by atoms with Gasteiger partial charge in [-0.15, -0.1) is 12.4 Å². The minimum atomic E-state index is -0.255. The molecule has 15 heavy (non-hydrogen) atoms. The van der Waals surface area contributed by atoms with Crippen LogP contribution in [0.5, 0.6) is 0 Å². The summed E-state index contributed by atoms with van der Waals surface area (Å²) in [7, 11) is 0. The molecule has 0 radical (unpaired) electrons. The Hall–Kier alpha value is -0.120. The van der Waals surface area contributed by atoms with E-state index in [0.29, 0.717) is 4.47 Å². The van der Waals surface area contributed by atoms with Crippen molar-refractivity contribution in [3.63, 3.8) is 0 Å². The van der Waals surface area contributed by atoms with E-state index < -0.39 is 0 Å². The molecule has 1 atom stereocenters. The molecule has 1 aromatic carbocycles. The van der Waals surface area contributed by atoms with Crippen LogP contribution in [0, 0.1) is 11.2 Å². The summed E-state index contributed by atoms with van der Waals surface area (Å²) < 4.78 is 13.4. The smallest absolute Gasteiger partial charge is 0.137 e. The predicted octanol–water partition coefficient (Wildman–Crippen LogP) is 4.06. The zero-order valence-corrected chi connectivity index (χ0v) is 11.5. The number of nitrogens with two attached hydrogens (primary N) is 1. The van der Waals surface area contributed by atoms with Crippen molar-refractivity contribution in [2.24, 2.45) is 11.1 Å². The summed E-state index contributed by atoms with van der Waals surface area (Å²) in [5.74, 6) is -0.255. The molecular formula is C11H16BrClFN. The first kappa shape index (κ1) is 14.9. The van der Waals surface area contributed by atoms with E-state index in [1.165, 1.54) is 6.07 Å². The zero-order chi connectivity index (χ0) is 10.9. The maximum absolute atomic E-state index is 13.0. The maximum Gasteiger partial charge on any atom is 0.137 e. The van der Waals surface area contributed by atoms with Gasteiger partial charge in [-0.25, -0.2) is 4.39 Å². The molecule has 86 valence electrons. The third kappa shape index (κ3) is 3.74. The van der Waals surface area contributed by atoms with Crippen molar-refractivity contribution >= 4 is 28.3 Å². The number of rotatable bonds is 1. The second kappa shape index (κ2) is 5.28. The molecule has 0 saturated heterocycles. The standard InChI is InChI=1S/C11H15BrFN.ClH/c1-11(2,3)10(14)7-4-5-9(13)8(12)6-7;/h4-6,10H,14H2,1-3H3;1H/t10-;/m1./s1. The molecule has 1 aromatic rings. The molecule has 1 rings (SSSR count). The Kier molecular flexibility index (Phi) is 5.24. The van der Waals surface area contributed by atoms with Crippen molar-refractivity contribution in [1.82, 2.24) is 0 Å². The zero-order valence-electron chi connectivity index (χ0n) is 9.05. The molecule has 0 amide bonds. The lowest BCUT2D eigenvalue weighted by atomic mass is 9.83. The molecule has 1 nitrogen and oxygen atoms in total. The molecule has 0 heterocycles. The highest BCUT2D eigenvalue weighted by atomic mass is 79.9. The lowest BCUT2D eigenvalue weighted by Crippen LogP contribution is -2.26. The van der Waals surface area contributed by atoms with E-state index in [1.807, 2.05) is 0 Å². The molecule has 0 saturated carbocycles. The summed E-state index contributed by atoms with van der Waals surface area (Å²) in [6, 6.07) is 4.83. The van der Waals surface area contributed by atoms with Crippen LogP contribution in [0.2, 0.25) is 0 Å². The van der Waals surface area contributed by atoms with E-state index in [2.05, 4.69) is 36.7 Å². The Bertz CT molecular complexity index is 336. The Labute approximate surface area is 105 Å². The third-order valence-corrected chi connectivity index (χ3v) is 2.84. The molecule has 0 spiro atoms. The van der Waals surface area contributed by atoms with Crippen LogP contribution in [0.1, 0.15) is 32.4 Å². The molecule has 0 aromatic heterocycles. The van der Waals surface area contributed by atoms with Crippen molar-refractivity contribution < 1.29 is 4.39 Å².